The van der Waals surface area contributed by atoms with Crippen LogP contribution in [0.15, 0.2) is 42.5 Å². The molecule has 0 radical (unpaired) electrons. The van der Waals surface area contributed by atoms with Crippen molar-refractivity contribution < 1.29 is 0 Å². The van der Waals surface area contributed by atoms with Crippen LogP contribution in [0.2, 0.25) is 0 Å². The smallest absolute Gasteiger partial charge is 0.0132 e. The number of hydrogen-bond donors (Lipinski definition) is 0. The second-order valence-corrected chi connectivity index (χ2v) is 6.87. The van der Waals surface area contributed by atoms with Gasteiger partial charge in [-0.1, -0.05) is 41.5 Å². The van der Waals surface area contributed by atoms with E-state index >= 15 is 0 Å². The van der Waals surface area contributed by atoms with E-state index in [1.165, 1.54) is 44.5 Å². The summed E-state index contributed by atoms with van der Waals surface area (Å²) in [5, 5.41) is 0. The van der Waals surface area contributed by atoms with Crippen LogP contribution < -0.4 is 0 Å². The molecule has 2 aromatic rings. The van der Waals surface area contributed by atoms with Crippen molar-refractivity contribution in [2.24, 2.45) is 0 Å². The Kier molecular flexibility index (Phi) is 4.90. The van der Waals surface area contributed by atoms with Gasteiger partial charge >= 0.3 is 0 Å². The Hall–Kier alpha value is -1.82. The fourth-order valence-electron chi connectivity index (χ4n) is 3.31. The second kappa shape index (κ2) is 6.52. The number of benzene rings is 2. The second-order valence-electron chi connectivity index (χ2n) is 6.87. The summed E-state index contributed by atoms with van der Waals surface area (Å²) in [6, 6.07) is 11.5. The number of aryl methyl sites for hydroxylation is 5. The van der Waals surface area contributed by atoms with Gasteiger partial charge in [-0.05, 0) is 81.3 Å². The van der Waals surface area contributed by atoms with E-state index in [0.29, 0.717) is 5.92 Å². The largest absolute Gasteiger partial charge is 0.100 e. The van der Waals surface area contributed by atoms with E-state index in [1.54, 1.807) is 0 Å². The fourth-order valence-corrected chi connectivity index (χ4v) is 3.31. The first-order valence-corrected chi connectivity index (χ1v) is 8.09. The first-order chi connectivity index (χ1) is 10.3. The zero-order valence-corrected chi connectivity index (χ0v) is 14.9. The summed E-state index contributed by atoms with van der Waals surface area (Å²) in [5.74, 6) is 0.400. The quantitative estimate of drug-likeness (QED) is 0.578. The molecule has 0 aliphatic heterocycles. The lowest BCUT2D eigenvalue weighted by molar-refractivity contribution is 0.783. The van der Waals surface area contributed by atoms with Crippen molar-refractivity contribution in [3.05, 3.63) is 81.4 Å². The summed E-state index contributed by atoms with van der Waals surface area (Å²) in [6.07, 6.45) is 1.01. The molecule has 0 bridgehead atoms. The van der Waals surface area contributed by atoms with Gasteiger partial charge in [-0.25, -0.2) is 0 Å². The minimum Gasteiger partial charge on any atom is -0.100 e. The minimum atomic E-state index is 0.400. The van der Waals surface area contributed by atoms with Crippen LogP contribution in [-0.2, 0) is 0 Å². The average Bonchev–Trinajstić information content (AvgIpc) is 2.41. The van der Waals surface area contributed by atoms with Gasteiger partial charge in [-0.2, -0.15) is 0 Å². The van der Waals surface area contributed by atoms with Gasteiger partial charge in [-0.3, -0.25) is 0 Å². The van der Waals surface area contributed by atoms with Crippen molar-refractivity contribution >= 4 is 0 Å². The van der Waals surface area contributed by atoms with Crippen molar-refractivity contribution in [1.29, 1.82) is 0 Å². The summed E-state index contributed by atoms with van der Waals surface area (Å²) in [5.41, 5.74) is 10.9. The first-order valence-electron chi connectivity index (χ1n) is 8.09. The third-order valence-corrected chi connectivity index (χ3v) is 4.61. The molecule has 1 atom stereocenters. The van der Waals surface area contributed by atoms with E-state index in [2.05, 4.69) is 78.5 Å². The van der Waals surface area contributed by atoms with Gasteiger partial charge in [0.1, 0.15) is 0 Å². The molecule has 22 heavy (non-hydrogen) atoms. The highest BCUT2D eigenvalue weighted by molar-refractivity contribution is 5.46. The van der Waals surface area contributed by atoms with E-state index in [-0.39, 0.29) is 0 Å². The monoisotopic (exact) mass is 292 g/mol. The zero-order chi connectivity index (χ0) is 16.4. The van der Waals surface area contributed by atoms with Crippen LogP contribution in [0, 0.1) is 34.6 Å². The lowest BCUT2D eigenvalue weighted by atomic mass is 9.81. The topological polar surface area (TPSA) is 0 Å². The van der Waals surface area contributed by atoms with Gasteiger partial charge in [0.2, 0.25) is 0 Å². The Labute approximate surface area is 135 Å². The van der Waals surface area contributed by atoms with Gasteiger partial charge in [-0.15, -0.1) is 6.58 Å². The molecule has 0 nitrogen and oxygen atoms in total. The maximum Gasteiger partial charge on any atom is 0.0132 e. The predicted molar refractivity (Wildman–Crippen MR) is 97.8 cm³/mol. The number of rotatable bonds is 4. The average molecular weight is 292 g/mol. The molecule has 0 heteroatoms. The summed E-state index contributed by atoms with van der Waals surface area (Å²) in [6.45, 7) is 17.3. The highest BCUT2D eigenvalue weighted by Crippen LogP contribution is 2.35. The molecule has 0 spiro atoms. The van der Waals surface area contributed by atoms with Crippen LogP contribution in [0.25, 0.3) is 0 Å². The summed E-state index contributed by atoms with van der Waals surface area (Å²) in [4.78, 5) is 0. The Morgan fingerprint density at radius 3 is 2.00 bits per heavy atom. The zero-order valence-electron chi connectivity index (χ0n) is 14.9. The maximum absolute atomic E-state index is 4.16. The van der Waals surface area contributed by atoms with Gasteiger partial charge in [0.05, 0.1) is 0 Å². The van der Waals surface area contributed by atoms with E-state index in [9.17, 15) is 0 Å². The molecule has 116 valence electrons. The molecule has 2 rings (SSSR count). The normalized spacial score (nSPS) is 12.3. The summed E-state index contributed by atoms with van der Waals surface area (Å²) < 4.78 is 0. The van der Waals surface area contributed by atoms with E-state index in [1.807, 2.05) is 0 Å². The van der Waals surface area contributed by atoms with Crippen molar-refractivity contribution in [3.63, 3.8) is 0 Å². The van der Waals surface area contributed by atoms with Crippen LogP contribution >= 0.6 is 0 Å². The minimum absolute atomic E-state index is 0.400. The van der Waals surface area contributed by atoms with E-state index < -0.39 is 0 Å². The van der Waals surface area contributed by atoms with Gasteiger partial charge in [0.15, 0.2) is 0 Å². The van der Waals surface area contributed by atoms with Crippen LogP contribution in [0.1, 0.15) is 58.2 Å². The first kappa shape index (κ1) is 16.5. The van der Waals surface area contributed by atoms with Crippen molar-refractivity contribution in [2.75, 3.05) is 0 Å². The van der Waals surface area contributed by atoms with Gasteiger partial charge < -0.3 is 0 Å². The van der Waals surface area contributed by atoms with Crippen molar-refractivity contribution in [2.45, 2.75) is 53.9 Å². The summed E-state index contributed by atoms with van der Waals surface area (Å²) >= 11 is 0. The van der Waals surface area contributed by atoms with E-state index in [4.69, 9.17) is 0 Å². The number of allylic oxidation sites excluding steroid dienone is 1. The molecule has 0 N–H and O–H groups in total. The van der Waals surface area contributed by atoms with Crippen molar-refractivity contribution in [3.8, 4) is 0 Å². The molecule has 0 aromatic heterocycles. The Morgan fingerprint density at radius 1 is 0.818 bits per heavy atom. The third kappa shape index (κ3) is 3.50. The highest BCUT2D eigenvalue weighted by atomic mass is 14.2. The molecule has 0 heterocycles. The van der Waals surface area contributed by atoms with Gasteiger partial charge in [0.25, 0.3) is 0 Å². The Morgan fingerprint density at radius 2 is 1.41 bits per heavy atom. The van der Waals surface area contributed by atoms with Gasteiger partial charge in [0, 0.05) is 5.92 Å². The maximum atomic E-state index is 4.16. The molecule has 1 unspecified atom stereocenters. The SMILES string of the molecule is C=C(C)CC(c1ccc(C)cc1C)c1cc(C)c(C)cc1C. The molecular formula is C22H28. The predicted octanol–water partition coefficient (Wildman–Crippen LogP) is 6.33. The number of hydrogen-bond acceptors (Lipinski definition) is 0. The van der Waals surface area contributed by atoms with Crippen LogP contribution in [0.4, 0.5) is 0 Å². The molecular weight excluding hydrogens is 264 g/mol. The molecule has 2 aromatic carbocycles. The lowest BCUT2D eigenvalue weighted by Gasteiger charge is -2.23. The Balaban J connectivity index is 2.60. The third-order valence-electron chi connectivity index (χ3n) is 4.61. The molecule has 0 amide bonds. The molecule has 0 fully saturated rings. The fraction of sp³-hybridized carbons (Fsp3) is 0.364. The molecule has 0 saturated carbocycles. The molecule has 0 saturated heterocycles. The lowest BCUT2D eigenvalue weighted by Crippen LogP contribution is -2.07. The van der Waals surface area contributed by atoms with Crippen LogP contribution in [0.3, 0.4) is 0 Å². The van der Waals surface area contributed by atoms with E-state index in [0.717, 1.165) is 6.42 Å². The van der Waals surface area contributed by atoms with Crippen LogP contribution in [0.5, 0.6) is 0 Å². The standard InChI is InChI=1S/C22H28/c1-14(2)10-22(20-9-8-15(3)11-18(20)6)21-13-17(5)16(4)12-19(21)7/h8-9,11-13,22H,1,10H2,2-7H3. The highest BCUT2D eigenvalue weighted by Gasteiger charge is 2.19. The summed E-state index contributed by atoms with van der Waals surface area (Å²) in [7, 11) is 0. The Bertz CT molecular complexity index is 704. The molecule has 0 aliphatic carbocycles. The van der Waals surface area contributed by atoms with Crippen molar-refractivity contribution in [1.82, 2.24) is 0 Å². The van der Waals surface area contributed by atoms with Crippen LogP contribution in [-0.4, -0.2) is 0 Å². The molecule has 0 aliphatic rings.